The molecular weight excluding hydrogens is 569 g/mol. The highest BCUT2D eigenvalue weighted by atomic mass is 32.1. The van der Waals surface area contributed by atoms with Gasteiger partial charge in [0, 0.05) is 17.3 Å². The second kappa shape index (κ2) is 10.0. The number of hydrogen-bond acceptors (Lipinski definition) is 5. The van der Waals surface area contributed by atoms with Gasteiger partial charge in [-0.1, -0.05) is 115 Å². The summed E-state index contributed by atoms with van der Waals surface area (Å²) in [7, 11) is 0. The van der Waals surface area contributed by atoms with Crippen molar-refractivity contribution in [2.75, 3.05) is 0 Å². The van der Waals surface area contributed by atoms with Gasteiger partial charge >= 0.3 is 0 Å². The summed E-state index contributed by atoms with van der Waals surface area (Å²) in [6, 6.07) is 48.2. The molecule has 0 spiro atoms. The zero-order chi connectivity index (χ0) is 30.0. The van der Waals surface area contributed by atoms with Gasteiger partial charge in [0.15, 0.2) is 0 Å². The molecule has 4 nitrogen and oxygen atoms in total. The number of aromatic nitrogens is 4. The first kappa shape index (κ1) is 25.9. The van der Waals surface area contributed by atoms with Crippen LogP contribution in [0.2, 0.25) is 0 Å². The molecule has 2 heterocycles. The van der Waals surface area contributed by atoms with Crippen molar-refractivity contribution in [2.24, 2.45) is 0 Å². The van der Waals surface area contributed by atoms with E-state index >= 15 is 0 Å². The summed E-state index contributed by atoms with van der Waals surface area (Å²) in [6.07, 6.45) is 1.80. The van der Waals surface area contributed by atoms with E-state index in [1.165, 1.54) is 45.1 Å². The molecule has 0 unspecified atom stereocenters. The van der Waals surface area contributed by atoms with Gasteiger partial charge in [-0.15, -0.1) is 0 Å². The summed E-state index contributed by atoms with van der Waals surface area (Å²) in [6.45, 7) is 1.97. The Bertz CT molecular complexity index is 2360. The average Bonchev–Trinajstić information content (AvgIpc) is 3.70. The fourth-order valence-corrected chi connectivity index (χ4v) is 7.79. The molecule has 6 aromatic carbocycles. The maximum Gasteiger partial charge on any atom is 0.113 e. The van der Waals surface area contributed by atoms with Gasteiger partial charge in [-0.05, 0) is 69.6 Å². The Hall–Kier alpha value is -5.52. The van der Waals surface area contributed by atoms with Crippen molar-refractivity contribution in [1.29, 1.82) is 0 Å². The van der Waals surface area contributed by atoms with E-state index in [1.54, 1.807) is 6.20 Å². The number of benzene rings is 6. The van der Waals surface area contributed by atoms with E-state index in [2.05, 4.69) is 132 Å². The molecule has 0 fully saturated rings. The van der Waals surface area contributed by atoms with Crippen LogP contribution in [0.15, 0.2) is 140 Å². The van der Waals surface area contributed by atoms with Crippen LogP contribution in [-0.4, -0.2) is 18.7 Å². The molecule has 1 aliphatic carbocycles. The van der Waals surface area contributed by atoms with Gasteiger partial charge in [-0.2, -0.15) is 8.75 Å². The van der Waals surface area contributed by atoms with Crippen LogP contribution in [0.1, 0.15) is 27.9 Å². The molecule has 212 valence electrons. The van der Waals surface area contributed by atoms with Gasteiger partial charge in [-0.3, -0.25) is 4.98 Å². The molecule has 0 saturated carbocycles. The summed E-state index contributed by atoms with van der Waals surface area (Å²) in [4.78, 5) is 9.24. The van der Waals surface area contributed by atoms with E-state index in [0.717, 1.165) is 50.0 Å². The van der Waals surface area contributed by atoms with Gasteiger partial charge in [-0.25, -0.2) is 4.98 Å². The predicted molar refractivity (Wildman–Crippen MR) is 183 cm³/mol. The van der Waals surface area contributed by atoms with E-state index in [1.807, 2.05) is 13.0 Å². The highest BCUT2D eigenvalue weighted by Gasteiger charge is 2.46. The molecule has 0 aliphatic heterocycles. The quantitative estimate of drug-likeness (QED) is 0.204. The first-order chi connectivity index (χ1) is 22.2. The van der Waals surface area contributed by atoms with Crippen molar-refractivity contribution in [3.8, 4) is 33.4 Å². The van der Waals surface area contributed by atoms with Crippen LogP contribution >= 0.6 is 11.7 Å². The minimum absolute atomic E-state index is 0.450. The largest absolute Gasteiger partial charge is 0.253 e. The van der Waals surface area contributed by atoms with Gasteiger partial charge in [0.1, 0.15) is 11.0 Å². The molecule has 2 aromatic heterocycles. The molecule has 9 rings (SSSR count). The summed E-state index contributed by atoms with van der Waals surface area (Å²) < 4.78 is 9.65. The molecule has 5 heteroatoms. The Morgan fingerprint density at radius 1 is 0.511 bits per heavy atom. The monoisotopic (exact) mass is 594 g/mol. The van der Waals surface area contributed by atoms with Crippen LogP contribution in [0.25, 0.3) is 55.4 Å². The maximum atomic E-state index is 4.85. The first-order valence-electron chi connectivity index (χ1n) is 15.1. The van der Waals surface area contributed by atoms with Crippen LogP contribution in [0.5, 0.6) is 0 Å². The van der Waals surface area contributed by atoms with E-state index in [-0.39, 0.29) is 0 Å². The molecule has 1 aliphatic rings. The zero-order valence-electron chi connectivity index (χ0n) is 24.5. The lowest BCUT2D eigenvalue weighted by Crippen LogP contribution is -2.28. The highest BCUT2D eigenvalue weighted by molar-refractivity contribution is 7.00. The molecule has 45 heavy (non-hydrogen) atoms. The average molecular weight is 595 g/mol. The normalized spacial score (nSPS) is 13.2. The minimum atomic E-state index is -0.450. The lowest BCUT2D eigenvalue weighted by Gasteiger charge is -2.34. The number of nitrogens with zero attached hydrogens (tertiary/aromatic N) is 4. The van der Waals surface area contributed by atoms with E-state index in [9.17, 15) is 0 Å². The fourth-order valence-electron chi connectivity index (χ4n) is 7.22. The van der Waals surface area contributed by atoms with Crippen molar-refractivity contribution in [2.45, 2.75) is 12.3 Å². The Kier molecular flexibility index (Phi) is 5.77. The summed E-state index contributed by atoms with van der Waals surface area (Å²) in [5.41, 5.74) is 16.0. The lowest BCUT2D eigenvalue weighted by atomic mass is 9.67. The fraction of sp³-hybridized carbons (Fsp3) is 0.0500. The Morgan fingerprint density at radius 3 is 1.80 bits per heavy atom. The predicted octanol–water partition coefficient (Wildman–Crippen LogP) is 9.64. The number of hydrogen-bond donors (Lipinski definition) is 0. The third kappa shape index (κ3) is 3.84. The SMILES string of the molecule is Cc1cnc2ccc(-c3ccc(-c4ccc5c(c4)C(c4ccccc4)(c4ccccc4)c4ccccc4-5)c4nsnc34)cc2n1. The van der Waals surface area contributed by atoms with Crippen molar-refractivity contribution >= 4 is 33.8 Å². The molecule has 0 N–H and O–H groups in total. The molecule has 0 bridgehead atoms. The standard InChI is InChI=1S/C40H26N4S/c1-25-24-41-36-21-17-27(23-37(36)42-25)31-20-19-30(38-39(31)44-45-43-38)26-16-18-33-32-14-8-9-15-34(32)40(35(33)22-26,28-10-4-2-5-11-28)29-12-6-3-7-13-29/h2-24H,1H3. The van der Waals surface area contributed by atoms with E-state index < -0.39 is 5.41 Å². The Morgan fingerprint density at radius 2 is 1.09 bits per heavy atom. The molecule has 8 aromatic rings. The number of aryl methyl sites for hydroxylation is 1. The number of rotatable bonds is 4. The first-order valence-corrected chi connectivity index (χ1v) is 15.8. The highest BCUT2D eigenvalue weighted by Crippen LogP contribution is 2.56. The van der Waals surface area contributed by atoms with Gasteiger partial charge in [0.25, 0.3) is 0 Å². The lowest BCUT2D eigenvalue weighted by molar-refractivity contribution is 0.769. The summed E-state index contributed by atoms with van der Waals surface area (Å²) in [5, 5.41) is 0. The van der Waals surface area contributed by atoms with Gasteiger partial charge < -0.3 is 0 Å². The topological polar surface area (TPSA) is 51.6 Å². The number of fused-ring (bicyclic) bond motifs is 5. The molecule has 0 amide bonds. The van der Waals surface area contributed by atoms with Crippen LogP contribution in [0.4, 0.5) is 0 Å². The van der Waals surface area contributed by atoms with Gasteiger partial charge in [0.2, 0.25) is 0 Å². The third-order valence-corrected chi connectivity index (χ3v) is 9.69. The smallest absolute Gasteiger partial charge is 0.113 e. The van der Waals surface area contributed by atoms with Gasteiger partial charge in [0.05, 0.1) is 33.9 Å². The molecule has 0 saturated heterocycles. The van der Waals surface area contributed by atoms with Crippen molar-refractivity contribution < 1.29 is 0 Å². The molecule has 0 radical (unpaired) electrons. The van der Waals surface area contributed by atoms with Crippen molar-refractivity contribution in [3.63, 3.8) is 0 Å². The molecule has 0 atom stereocenters. The van der Waals surface area contributed by atoms with Crippen molar-refractivity contribution in [1.82, 2.24) is 18.7 Å². The van der Waals surface area contributed by atoms with Crippen LogP contribution in [0.3, 0.4) is 0 Å². The van der Waals surface area contributed by atoms with Crippen LogP contribution in [-0.2, 0) is 5.41 Å². The zero-order valence-corrected chi connectivity index (χ0v) is 25.3. The van der Waals surface area contributed by atoms with E-state index in [0.29, 0.717) is 0 Å². The van der Waals surface area contributed by atoms with Crippen LogP contribution in [0, 0.1) is 6.92 Å². The summed E-state index contributed by atoms with van der Waals surface area (Å²) in [5.74, 6) is 0. The summed E-state index contributed by atoms with van der Waals surface area (Å²) >= 11 is 1.26. The van der Waals surface area contributed by atoms with Crippen molar-refractivity contribution in [3.05, 3.63) is 168 Å². The van der Waals surface area contributed by atoms with E-state index in [4.69, 9.17) is 13.7 Å². The Balaban J connectivity index is 1.27. The van der Waals surface area contributed by atoms with Crippen LogP contribution < -0.4 is 0 Å². The second-order valence-corrected chi connectivity index (χ2v) is 12.2. The Labute approximate surface area is 265 Å². The third-order valence-electron chi connectivity index (χ3n) is 9.16. The minimum Gasteiger partial charge on any atom is -0.253 e. The maximum absolute atomic E-state index is 4.85. The molecular formula is C40H26N4S. The second-order valence-electron chi connectivity index (χ2n) is 11.6.